The highest BCUT2D eigenvalue weighted by Crippen LogP contribution is 2.16. The maximum absolute atomic E-state index is 12.0. The second-order valence-electron chi connectivity index (χ2n) is 6.22. The van der Waals surface area contributed by atoms with Gasteiger partial charge in [-0.1, -0.05) is 6.07 Å². The summed E-state index contributed by atoms with van der Waals surface area (Å²) < 4.78 is 0. The summed E-state index contributed by atoms with van der Waals surface area (Å²) in [6, 6.07) is 10.1. The van der Waals surface area contributed by atoms with Gasteiger partial charge in [-0.15, -0.1) is 11.3 Å². The molecule has 0 aromatic carbocycles. The molecular weight excluding hydrogens is 346 g/mol. The first-order valence-electron chi connectivity index (χ1n) is 8.72. The normalized spacial score (nSPS) is 12.5. The van der Waals surface area contributed by atoms with Gasteiger partial charge in [0.2, 0.25) is 5.91 Å². The molecule has 3 N–H and O–H groups in total. The summed E-state index contributed by atoms with van der Waals surface area (Å²) in [5.41, 5.74) is 0.875. The Bertz CT molecular complexity index is 756. The zero-order valence-electron chi connectivity index (χ0n) is 15.8. The molecule has 0 radical (unpaired) electrons. The van der Waals surface area contributed by atoms with Crippen LogP contribution in [0.3, 0.4) is 0 Å². The molecule has 0 fully saturated rings. The van der Waals surface area contributed by atoms with Crippen molar-refractivity contribution in [1.29, 1.82) is 0 Å². The molecule has 0 aliphatic heterocycles. The lowest BCUT2D eigenvalue weighted by Crippen LogP contribution is -2.43. The van der Waals surface area contributed by atoms with Gasteiger partial charge in [-0.2, -0.15) is 0 Å². The van der Waals surface area contributed by atoms with E-state index in [1.807, 2.05) is 30.4 Å². The highest BCUT2D eigenvalue weighted by molar-refractivity contribution is 7.11. The van der Waals surface area contributed by atoms with Crippen LogP contribution in [0, 0.1) is 13.8 Å². The van der Waals surface area contributed by atoms with E-state index in [9.17, 15) is 4.79 Å². The van der Waals surface area contributed by atoms with Gasteiger partial charge in [0.05, 0.1) is 0 Å². The Morgan fingerprint density at radius 1 is 1.27 bits per heavy atom. The van der Waals surface area contributed by atoms with Gasteiger partial charge in [0, 0.05) is 47.9 Å². The molecule has 2 heterocycles. The molecule has 2 aromatic rings. The van der Waals surface area contributed by atoms with E-state index in [0.29, 0.717) is 24.7 Å². The van der Waals surface area contributed by atoms with Crippen LogP contribution in [0.5, 0.6) is 0 Å². The number of anilines is 1. The van der Waals surface area contributed by atoms with Crippen LogP contribution in [0.15, 0.2) is 35.3 Å². The molecule has 26 heavy (non-hydrogen) atoms. The van der Waals surface area contributed by atoms with Crippen LogP contribution in [0.2, 0.25) is 0 Å². The fourth-order valence-corrected chi connectivity index (χ4v) is 3.51. The highest BCUT2D eigenvalue weighted by atomic mass is 32.1. The van der Waals surface area contributed by atoms with Crippen LogP contribution < -0.4 is 16.0 Å². The Morgan fingerprint density at radius 3 is 2.73 bits per heavy atom. The summed E-state index contributed by atoms with van der Waals surface area (Å²) in [6.45, 7) is 6.63. The molecule has 0 aliphatic rings. The molecule has 0 aliphatic carbocycles. The number of carbonyl (C=O) groups is 1. The fraction of sp³-hybridized carbons (Fsp3) is 0.421. The summed E-state index contributed by atoms with van der Waals surface area (Å²) >= 11 is 1.82. The zero-order chi connectivity index (χ0) is 18.9. The van der Waals surface area contributed by atoms with Crippen LogP contribution in [-0.4, -0.2) is 36.5 Å². The van der Waals surface area contributed by atoms with Crippen molar-refractivity contribution in [3.63, 3.8) is 0 Å². The number of carbonyl (C=O) groups excluding carboxylic acids is 1. The van der Waals surface area contributed by atoms with Crippen molar-refractivity contribution in [3.8, 4) is 0 Å². The van der Waals surface area contributed by atoms with Crippen LogP contribution in [0.25, 0.3) is 0 Å². The van der Waals surface area contributed by atoms with Crippen molar-refractivity contribution in [2.24, 2.45) is 4.99 Å². The largest absolute Gasteiger partial charge is 0.356 e. The Kier molecular flexibility index (Phi) is 7.59. The van der Waals surface area contributed by atoms with E-state index >= 15 is 0 Å². The monoisotopic (exact) mass is 373 g/mol. The third-order valence-electron chi connectivity index (χ3n) is 3.71. The molecule has 0 spiro atoms. The zero-order valence-corrected chi connectivity index (χ0v) is 16.6. The van der Waals surface area contributed by atoms with Gasteiger partial charge < -0.3 is 16.0 Å². The van der Waals surface area contributed by atoms with Crippen LogP contribution in [0.4, 0.5) is 5.82 Å². The number of amides is 1. The van der Waals surface area contributed by atoms with Crippen molar-refractivity contribution >= 4 is 29.0 Å². The molecule has 2 rings (SSSR count). The fourth-order valence-electron chi connectivity index (χ4n) is 2.49. The number of nitrogens with zero attached hydrogens (tertiary/aromatic N) is 2. The lowest BCUT2D eigenvalue weighted by molar-refractivity contribution is -0.116. The number of hydrogen-bond acceptors (Lipinski definition) is 4. The van der Waals surface area contributed by atoms with Crippen molar-refractivity contribution < 1.29 is 4.79 Å². The number of hydrogen-bond donors (Lipinski definition) is 3. The standard InChI is InChI=1S/C19H27N5OS/c1-13-6-5-7-17(22-13)24-18(25)10-11-21-19(20-4)23-14(2)12-16-9-8-15(3)26-16/h5-9,14H,10-12H2,1-4H3,(H2,20,21,23)(H,22,24,25). The van der Waals surface area contributed by atoms with Gasteiger partial charge in [-0.05, 0) is 45.0 Å². The smallest absolute Gasteiger partial charge is 0.227 e. The van der Waals surface area contributed by atoms with Crippen LogP contribution in [-0.2, 0) is 11.2 Å². The van der Waals surface area contributed by atoms with Crippen LogP contribution >= 0.6 is 11.3 Å². The number of pyridine rings is 1. The van der Waals surface area contributed by atoms with E-state index in [4.69, 9.17) is 0 Å². The predicted molar refractivity (Wildman–Crippen MR) is 109 cm³/mol. The molecule has 0 bridgehead atoms. The average Bonchev–Trinajstić information content (AvgIpc) is 2.98. The molecule has 1 amide bonds. The lowest BCUT2D eigenvalue weighted by Gasteiger charge is -2.17. The Hall–Kier alpha value is -2.41. The number of thiophene rings is 1. The maximum atomic E-state index is 12.0. The maximum Gasteiger partial charge on any atom is 0.227 e. The predicted octanol–water partition coefficient (Wildman–Crippen LogP) is 2.88. The number of nitrogens with one attached hydrogen (secondary N) is 3. The molecule has 7 heteroatoms. The Balaban J connectivity index is 1.71. The average molecular weight is 374 g/mol. The van der Waals surface area contributed by atoms with Crippen LogP contribution in [0.1, 0.15) is 28.8 Å². The van der Waals surface area contributed by atoms with Gasteiger partial charge in [-0.3, -0.25) is 9.79 Å². The molecule has 0 saturated heterocycles. The molecule has 1 unspecified atom stereocenters. The number of rotatable bonds is 7. The van der Waals surface area contributed by atoms with Crippen molar-refractivity contribution in [1.82, 2.24) is 15.6 Å². The molecule has 6 nitrogen and oxygen atoms in total. The molecule has 140 valence electrons. The third-order valence-corrected chi connectivity index (χ3v) is 4.73. The number of aryl methyl sites for hydroxylation is 2. The molecule has 0 saturated carbocycles. The lowest BCUT2D eigenvalue weighted by atomic mass is 10.2. The Morgan fingerprint density at radius 2 is 2.08 bits per heavy atom. The summed E-state index contributed by atoms with van der Waals surface area (Å²) in [6.07, 6.45) is 1.29. The van der Waals surface area contributed by atoms with E-state index in [-0.39, 0.29) is 11.9 Å². The van der Waals surface area contributed by atoms with Gasteiger partial charge in [0.15, 0.2) is 5.96 Å². The second-order valence-corrected chi connectivity index (χ2v) is 7.60. The summed E-state index contributed by atoms with van der Waals surface area (Å²) in [4.78, 5) is 23.2. The summed E-state index contributed by atoms with van der Waals surface area (Å²) in [7, 11) is 1.73. The third kappa shape index (κ3) is 6.84. The number of aromatic nitrogens is 1. The number of aliphatic imine (C=N–C) groups is 1. The van der Waals surface area contributed by atoms with Crippen molar-refractivity contribution in [3.05, 3.63) is 45.8 Å². The SMILES string of the molecule is CN=C(NCCC(=O)Nc1cccc(C)n1)NC(C)Cc1ccc(C)s1. The van der Waals surface area contributed by atoms with Crippen molar-refractivity contribution in [2.75, 3.05) is 18.9 Å². The van der Waals surface area contributed by atoms with E-state index in [0.717, 1.165) is 12.1 Å². The Labute approximate surface area is 159 Å². The minimum Gasteiger partial charge on any atom is -0.356 e. The number of guanidine groups is 1. The summed E-state index contributed by atoms with van der Waals surface area (Å²) in [5, 5.41) is 9.34. The second kappa shape index (κ2) is 9.91. The van der Waals surface area contributed by atoms with E-state index in [2.05, 4.69) is 51.9 Å². The van der Waals surface area contributed by atoms with Gasteiger partial charge in [0.1, 0.15) is 5.82 Å². The van der Waals surface area contributed by atoms with Crippen molar-refractivity contribution in [2.45, 2.75) is 39.7 Å². The molecule has 2 aromatic heterocycles. The van der Waals surface area contributed by atoms with Gasteiger partial charge in [0.25, 0.3) is 0 Å². The topological polar surface area (TPSA) is 78.4 Å². The first-order valence-corrected chi connectivity index (χ1v) is 9.54. The molecule has 1 atom stereocenters. The first kappa shape index (κ1) is 19.9. The minimum absolute atomic E-state index is 0.0758. The van der Waals surface area contributed by atoms with E-state index in [1.165, 1.54) is 9.75 Å². The minimum atomic E-state index is -0.0758. The highest BCUT2D eigenvalue weighted by Gasteiger charge is 2.09. The van der Waals surface area contributed by atoms with Gasteiger partial charge >= 0.3 is 0 Å². The van der Waals surface area contributed by atoms with E-state index < -0.39 is 0 Å². The molecular formula is C19H27N5OS. The van der Waals surface area contributed by atoms with Gasteiger partial charge in [-0.25, -0.2) is 4.98 Å². The quantitative estimate of drug-likeness (QED) is 0.515. The first-order chi connectivity index (χ1) is 12.5. The summed E-state index contributed by atoms with van der Waals surface area (Å²) in [5.74, 6) is 1.21. The van der Waals surface area contributed by atoms with E-state index in [1.54, 1.807) is 13.1 Å².